The molecule has 0 aliphatic rings. The Morgan fingerprint density at radius 3 is 2.36 bits per heavy atom. The van der Waals surface area contributed by atoms with Gasteiger partial charge in [-0.1, -0.05) is 0 Å². The van der Waals surface area contributed by atoms with E-state index in [1.165, 1.54) is 12.4 Å². The topological polar surface area (TPSA) is 94.1 Å². The average Bonchev–Trinajstić information content (AvgIpc) is 2.62. The quantitative estimate of drug-likeness (QED) is 0.725. The maximum atomic E-state index is 13.0. The van der Waals surface area contributed by atoms with Gasteiger partial charge in [-0.2, -0.15) is 0 Å². The fraction of sp³-hybridized carbons (Fsp3) is 0.0625. The summed E-state index contributed by atoms with van der Waals surface area (Å²) in [6.45, 7) is 0.173. The Morgan fingerprint density at radius 2 is 1.64 bits per heavy atom. The SMILES string of the molecule is O=S(=O)(Nc1nccnc1OCc1ccncc1)c1ccc(F)cc1. The molecular formula is C16H13FN4O3S. The third-order valence-corrected chi connectivity index (χ3v) is 4.50. The smallest absolute Gasteiger partial charge is 0.263 e. The van der Waals surface area contributed by atoms with Crippen LogP contribution in [-0.2, 0) is 16.6 Å². The molecule has 2 aromatic heterocycles. The Kier molecular flexibility index (Phi) is 4.85. The van der Waals surface area contributed by atoms with Gasteiger partial charge in [0.15, 0.2) is 0 Å². The van der Waals surface area contributed by atoms with Crippen LogP contribution in [0, 0.1) is 5.82 Å². The summed E-state index contributed by atoms with van der Waals surface area (Å²) in [4.78, 5) is 11.8. The van der Waals surface area contributed by atoms with Crippen molar-refractivity contribution in [2.45, 2.75) is 11.5 Å². The summed E-state index contributed by atoms with van der Waals surface area (Å²) < 4.78 is 45.5. The molecule has 128 valence electrons. The van der Waals surface area contributed by atoms with Crippen molar-refractivity contribution in [3.05, 3.63) is 72.6 Å². The van der Waals surface area contributed by atoms with E-state index in [2.05, 4.69) is 19.7 Å². The van der Waals surface area contributed by atoms with E-state index in [1.54, 1.807) is 24.5 Å². The van der Waals surface area contributed by atoms with Crippen molar-refractivity contribution in [1.82, 2.24) is 15.0 Å². The molecule has 0 bridgehead atoms. The number of aromatic nitrogens is 3. The first-order valence-electron chi connectivity index (χ1n) is 7.16. The number of pyridine rings is 1. The normalized spacial score (nSPS) is 11.1. The summed E-state index contributed by atoms with van der Waals surface area (Å²) in [6, 6.07) is 7.96. The van der Waals surface area contributed by atoms with Crippen molar-refractivity contribution in [3.63, 3.8) is 0 Å². The van der Waals surface area contributed by atoms with Crippen molar-refractivity contribution in [2.75, 3.05) is 4.72 Å². The highest BCUT2D eigenvalue weighted by atomic mass is 32.2. The number of halogens is 1. The molecule has 0 fully saturated rings. The van der Waals surface area contributed by atoms with Crippen LogP contribution in [0.1, 0.15) is 5.56 Å². The molecule has 3 rings (SSSR count). The summed E-state index contributed by atoms with van der Waals surface area (Å²) in [7, 11) is -3.94. The molecule has 2 heterocycles. The first-order valence-corrected chi connectivity index (χ1v) is 8.64. The number of sulfonamides is 1. The van der Waals surface area contributed by atoms with E-state index in [4.69, 9.17) is 4.74 Å². The van der Waals surface area contributed by atoms with Gasteiger partial charge in [-0.3, -0.25) is 9.71 Å². The van der Waals surface area contributed by atoms with E-state index in [9.17, 15) is 12.8 Å². The van der Waals surface area contributed by atoms with Crippen LogP contribution in [0.25, 0.3) is 0 Å². The molecule has 1 aromatic carbocycles. The Labute approximate surface area is 143 Å². The molecular weight excluding hydrogens is 347 g/mol. The Morgan fingerprint density at radius 1 is 0.960 bits per heavy atom. The van der Waals surface area contributed by atoms with E-state index >= 15 is 0 Å². The maximum Gasteiger partial charge on any atom is 0.263 e. The Hall–Kier alpha value is -3.07. The van der Waals surface area contributed by atoms with Gasteiger partial charge >= 0.3 is 0 Å². The number of nitrogens with one attached hydrogen (secondary N) is 1. The lowest BCUT2D eigenvalue weighted by Crippen LogP contribution is -2.15. The molecule has 0 atom stereocenters. The van der Waals surface area contributed by atoms with E-state index in [0.29, 0.717) is 0 Å². The molecule has 0 saturated heterocycles. The summed E-state index contributed by atoms with van der Waals surface area (Å²) in [6.07, 6.45) is 5.96. The molecule has 3 aromatic rings. The lowest BCUT2D eigenvalue weighted by Gasteiger charge is -2.11. The first-order chi connectivity index (χ1) is 12.0. The van der Waals surface area contributed by atoms with Crippen molar-refractivity contribution in [1.29, 1.82) is 0 Å². The highest BCUT2D eigenvalue weighted by Crippen LogP contribution is 2.22. The number of rotatable bonds is 6. The predicted octanol–water partition coefficient (Wildman–Crippen LogP) is 2.39. The second kappa shape index (κ2) is 7.22. The van der Waals surface area contributed by atoms with Gasteiger partial charge in [0.1, 0.15) is 12.4 Å². The van der Waals surface area contributed by atoms with E-state index in [0.717, 1.165) is 29.8 Å². The molecule has 0 aliphatic heterocycles. The fourth-order valence-electron chi connectivity index (χ4n) is 1.93. The van der Waals surface area contributed by atoms with Gasteiger partial charge in [0.25, 0.3) is 15.9 Å². The lowest BCUT2D eigenvalue weighted by atomic mass is 10.3. The summed E-state index contributed by atoms with van der Waals surface area (Å²) in [5.74, 6) is -0.550. The summed E-state index contributed by atoms with van der Waals surface area (Å²) >= 11 is 0. The maximum absolute atomic E-state index is 13.0. The van der Waals surface area contributed by atoms with Crippen LogP contribution in [0.5, 0.6) is 5.88 Å². The average molecular weight is 360 g/mol. The number of anilines is 1. The van der Waals surface area contributed by atoms with Crippen LogP contribution in [-0.4, -0.2) is 23.4 Å². The fourth-order valence-corrected chi connectivity index (χ4v) is 2.94. The minimum Gasteiger partial charge on any atom is -0.470 e. The second-order valence-electron chi connectivity index (χ2n) is 4.91. The molecule has 7 nitrogen and oxygen atoms in total. The standard InChI is InChI=1S/C16H13FN4O3S/c17-13-1-3-14(4-2-13)25(22,23)21-15-16(20-10-9-19-15)24-11-12-5-7-18-8-6-12/h1-10H,11H2,(H,19,21). The number of nitrogens with zero attached hydrogens (tertiary/aromatic N) is 3. The van der Waals surface area contributed by atoms with Crippen LogP contribution < -0.4 is 9.46 Å². The largest absolute Gasteiger partial charge is 0.470 e. The zero-order valence-corrected chi connectivity index (χ0v) is 13.6. The summed E-state index contributed by atoms with van der Waals surface area (Å²) in [5, 5.41) is 0. The van der Waals surface area contributed by atoms with Gasteiger partial charge in [0, 0.05) is 24.8 Å². The number of hydrogen-bond donors (Lipinski definition) is 1. The number of ether oxygens (including phenoxy) is 1. The third kappa shape index (κ3) is 4.27. The Bertz CT molecular complexity index is 951. The van der Waals surface area contributed by atoms with Crippen molar-refractivity contribution in [3.8, 4) is 5.88 Å². The van der Waals surface area contributed by atoms with Crippen molar-refractivity contribution in [2.24, 2.45) is 0 Å². The molecule has 0 aliphatic carbocycles. The van der Waals surface area contributed by atoms with E-state index in [1.807, 2.05) is 0 Å². The zero-order valence-electron chi connectivity index (χ0n) is 12.8. The molecule has 9 heteroatoms. The third-order valence-electron chi connectivity index (χ3n) is 3.14. The van der Waals surface area contributed by atoms with Crippen LogP contribution in [0.3, 0.4) is 0 Å². The molecule has 0 saturated carbocycles. The van der Waals surface area contributed by atoms with E-state index in [-0.39, 0.29) is 23.2 Å². The molecule has 25 heavy (non-hydrogen) atoms. The van der Waals surface area contributed by atoms with Gasteiger partial charge < -0.3 is 4.74 Å². The second-order valence-corrected chi connectivity index (χ2v) is 6.60. The van der Waals surface area contributed by atoms with Crippen molar-refractivity contribution >= 4 is 15.8 Å². The monoisotopic (exact) mass is 360 g/mol. The summed E-state index contributed by atoms with van der Waals surface area (Å²) in [5.41, 5.74) is 0.841. The minimum atomic E-state index is -3.94. The van der Waals surface area contributed by atoms with Crippen molar-refractivity contribution < 1.29 is 17.5 Å². The molecule has 1 N–H and O–H groups in total. The molecule has 0 unspecified atom stereocenters. The van der Waals surface area contributed by atoms with Crippen LogP contribution in [0.15, 0.2) is 66.1 Å². The van der Waals surface area contributed by atoms with E-state index < -0.39 is 15.8 Å². The lowest BCUT2D eigenvalue weighted by molar-refractivity contribution is 0.294. The van der Waals surface area contributed by atoms with Crippen LogP contribution in [0.4, 0.5) is 10.2 Å². The van der Waals surface area contributed by atoms with Gasteiger partial charge in [0.2, 0.25) is 5.82 Å². The number of hydrogen-bond acceptors (Lipinski definition) is 6. The van der Waals surface area contributed by atoms with Gasteiger partial charge in [-0.25, -0.2) is 22.8 Å². The van der Waals surface area contributed by atoms with Gasteiger partial charge in [0.05, 0.1) is 4.90 Å². The first kappa shape index (κ1) is 16.8. The van der Waals surface area contributed by atoms with Gasteiger partial charge in [-0.15, -0.1) is 0 Å². The van der Waals surface area contributed by atoms with Crippen LogP contribution >= 0.6 is 0 Å². The molecule has 0 radical (unpaired) electrons. The van der Waals surface area contributed by atoms with Gasteiger partial charge in [-0.05, 0) is 42.0 Å². The minimum absolute atomic E-state index is 0.0324. The number of benzene rings is 1. The molecule has 0 spiro atoms. The Balaban J connectivity index is 1.79. The highest BCUT2D eigenvalue weighted by molar-refractivity contribution is 7.92. The van der Waals surface area contributed by atoms with Crippen LogP contribution in [0.2, 0.25) is 0 Å². The zero-order chi connectivity index (χ0) is 17.7. The highest BCUT2D eigenvalue weighted by Gasteiger charge is 2.18. The predicted molar refractivity (Wildman–Crippen MR) is 87.8 cm³/mol. The molecule has 0 amide bonds.